The highest BCUT2D eigenvalue weighted by Gasteiger charge is 2.16. The summed E-state index contributed by atoms with van der Waals surface area (Å²) < 4.78 is 27.7. The zero-order valence-corrected chi connectivity index (χ0v) is 12.9. The molecule has 0 amide bonds. The van der Waals surface area contributed by atoms with Crippen LogP contribution in [-0.4, -0.2) is 0 Å². The average molecular weight is 402 g/mol. The van der Waals surface area contributed by atoms with Crippen LogP contribution >= 0.6 is 54.8 Å². The van der Waals surface area contributed by atoms with Gasteiger partial charge in [-0.2, -0.15) is 0 Å². The largest absolute Gasteiger partial charge is 0.204 e. The minimum absolute atomic E-state index is 0.488. The Morgan fingerprint density at radius 2 is 1.82 bits per heavy atom. The molecule has 0 nitrogen and oxygen atoms in total. The van der Waals surface area contributed by atoms with Crippen LogP contribution in [0.2, 0.25) is 0 Å². The molecule has 0 N–H and O–H groups in total. The van der Waals surface area contributed by atoms with Crippen molar-refractivity contribution in [2.24, 2.45) is 0 Å². The first kappa shape index (κ1) is 13.5. The Bertz CT molecular complexity index is 537. The zero-order valence-electron chi connectivity index (χ0n) is 8.18. The monoisotopic (exact) mass is 400 g/mol. The summed E-state index contributed by atoms with van der Waals surface area (Å²) in [5.74, 6) is -1.76. The molecule has 1 unspecified atom stereocenters. The normalized spacial score (nSPS) is 12.8. The molecule has 1 aromatic heterocycles. The molecule has 0 bridgehead atoms. The molecule has 0 saturated carbocycles. The standard InChI is InChI=1S/C11H5Br2ClF2S/c12-6-4-9(17-11(6)13)10(14)5-1-2-7(15)8(16)3-5/h1-4,10H. The molecular weight excluding hydrogens is 397 g/mol. The molecule has 0 aliphatic rings. The molecule has 1 aromatic carbocycles. The van der Waals surface area contributed by atoms with Crippen LogP contribution in [0, 0.1) is 11.6 Å². The van der Waals surface area contributed by atoms with Gasteiger partial charge in [-0.3, -0.25) is 0 Å². The number of hydrogen-bond donors (Lipinski definition) is 0. The maximum absolute atomic E-state index is 13.1. The summed E-state index contributed by atoms with van der Waals surface area (Å²) in [4.78, 5) is 0.858. The summed E-state index contributed by atoms with van der Waals surface area (Å²) in [7, 11) is 0. The van der Waals surface area contributed by atoms with E-state index in [0.29, 0.717) is 5.56 Å². The van der Waals surface area contributed by atoms with Crippen molar-refractivity contribution in [2.75, 3.05) is 0 Å². The molecule has 0 radical (unpaired) electrons. The van der Waals surface area contributed by atoms with Gasteiger partial charge in [0.05, 0.1) is 9.16 Å². The van der Waals surface area contributed by atoms with Gasteiger partial charge in [0.25, 0.3) is 0 Å². The Morgan fingerprint density at radius 1 is 1.12 bits per heavy atom. The van der Waals surface area contributed by atoms with E-state index >= 15 is 0 Å². The lowest BCUT2D eigenvalue weighted by atomic mass is 10.1. The smallest absolute Gasteiger partial charge is 0.159 e. The van der Waals surface area contributed by atoms with Crippen molar-refractivity contribution < 1.29 is 8.78 Å². The van der Waals surface area contributed by atoms with E-state index in [9.17, 15) is 8.78 Å². The molecule has 0 aliphatic heterocycles. The predicted molar refractivity (Wildman–Crippen MR) is 73.8 cm³/mol. The maximum atomic E-state index is 13.1. The maximum Gasteiger partial charge on any atom is 0.159 e. The molecule has 0 spiro atoms. The molecule has 6 heteroatoms. The quantitative estimate of drug-likeness (QED) is 0.551. The van der Waals surface area contributed by atoms with E-state index in [1.165, 1.54) is 17.4 Å². The molecule has 1 atom stereocenters. The molecule has 0 saturated heterocycles. The second kappa shape index (κ2) is 5.34. The fourth-order valence-corrected chi connectivity index (χ4v) is 3.75. The van der Waals surface area contributed by atoms with Crippen molar-refractivity contribution >= 4 is 54.8 Å². The fraction of sp³-hybridized carbons (Fsp3) is 0.0909. The van der Waals surface area contributed by atoms with E-state index in [2.05, 4.69) is 31.9 Å². The van der Waals surface area contributed by atoms with Gasteiger partial charge in [0, 0.05) is 9.35 Å². The van der Waals surface area contributed by atoms with Crippen LogP contribution in [-0.2, 0) is 0 Å². The summed E-state index contributed by atoms with van der Waals surface area (Å²) in [6.45, 7) is 0. The van der Waals surface area contributed by atoms with Crippen LogP contribution in [0.3, 0.4) is 0 Å². The van der Waals surface area contributed by atoms with Gasteiger partial charge in [-0.25, -0.2) is 8.78 Å². The van der Waals surface area contributed by atoms with Gasteiger partial charge in [0.15, 0.2) is 11.6 Å². The van der Waals surface area contributed by atoms with E-state index < -0.39 is 17.0 Å². The molecule has 2 rings (SSSR count). The predicted octanol–water partition coefficient (Wildman–Crippen LogP) is 5.88. The van der Waals surface area contributed by atoms with Crippen molar-refractivity contribution in [3.05, 3.63) is 54.6 Å². The van der Waals surface area contributed by atoms with E-state index in [1.54, 1.807) is 0 Å². The number of hydrogen-bond acceptors (Lipinski definition) is 1. The van der Waals surface area contributed by atoms with Gasteiger partial charge in [0.2, 0.25) is 0 Å². The van der Waals surface area contributed by atoms with Crippen molar-refractivity contribution in [1.29, 1.82) is 0 Å². The number of thiophene rings is 1. The molecule has 0 aliphatic carbocycles. The first-order chi connectivity index (χ1) is 7.99. The number of alkyl halides is 1. The lowest BCUT2D eigenvalue weighted by molar-refractivity contribution is 0.507. The van der Waals surface area contributed by atoms with Gasteiger partial charge >= 0.3 is 0 Å². The zero-order chi connectivity index (χ0) is 12.6. The summed E-state index contributed by atoms with van der Waals surface area (Å²) in [6, 6.07) is 5.54. The van der Waals surface area contributed by atoms with Crippen LogP contribution in [0.25, 0.3) is 0 Å². The molecule has 0 fully saturated rings. The number of benzene rings is 1. The van der Waals surface area contributed by atoms with Gasteiger partial charge in [0.1, 0.15) is 0 Å². The molecular formula is C11H5Br2ClF2S. The third kappa shape index (κ3) is 2.89. The number of halogens is 5. The van der Waals surface area contributed by atoms with Gasteiger partial charge in [-0.1, -0.05) is 6.07 Å². The Hall–Kier alpha value is 0.0300. The Kier molecular flexibility index (Phi) is 4.23. The van der Waals surface area contributed by atoms with Crippen LogP contribution in [0.4, 0.5) is 8.78 Å². The topological polar surface area (TPSA) is 0 Å². The lowest BCUT2D eigenvalue weighted by Gasteiger charge is -2.07. The van der Waals surface area contributed by atoms with Crippen molar-refractivity contribution in [1.82, 2.24) is 0 Å². The Labute approximate surface area is 123 Å². The second-order valence-electron chi connectivity index (χ2n) is 3.31. The number of rotatable bonds is 2. The minimum atomic E-state index is -0.886. The Morgan fingerprint density at radius 3 is 2.35 bits per heavy atom. The summed E-state index contributed by atoms with van der Waals surface area (Å²) >= 11 is 14.4. The summed E-state index contributed by atoms with van der Waals surface area (Å²) in [5, 5.41) is -0.488. The highest BCUT2D eigenvalue weighted by molar-refractivity contribution is 9.13. The molecule has 2 aromatic rings. The molecule has 1 heterocycles. The summed E-state index contributed by atoms with van der Waals surface area (Å²) in [5.41, 5.74) is 0.534. The summed E-state index contributed by atoms with van der Waals surface area (Å²) in [6.07, 6.45) is 0. The van der Waals surface area contributed by atoms with Crippen LogP contribution in [0.1, 0.15) is 15.8 Å². The van der Waals surface area contributed by atoms with Gasteiger partial charge in [-0.15, -0.1) is 22.9 Å². The lowest BCUT2D eigenvalue weighted by Crippen LogP contribution is -1.93. The first-order valence-corrected chi connectivity index (χ1v) is 7.36. The van der Waals surface area contributed by atoms with E-state index in [4.69, 9.17) is 11.6 Å². The fourth-order valence-electron chi connectivity index (χ4n) is 1.32. The average Bonchev–Trinajstić information content (AvgIpc) is 2.62. The van der Waals surface area contributed by atoms with Crippen molar-refractivity contribution in [3.63, 3.8) is 0 Å². The Balaban J connectivity index is 2.36. The highest BCUT2D eigenvalue weighted by Crippen LogP contribution is 2.40. The minimum Gasteiger partial charge on any atom is -0.204 e. The second-order valence-corrected chi connectivity index (χ2v) is 7.00. The third-order valence-corrected chi connectivity index (χ3v) is 6.09. The van der Waals surface area contributed by atoms with Crippen LogP contribution in [0.15, 0.2) is 32.5 Å². The van der Waals surface area contributed by atoms with Crippen LogP contribution < -0.4 is 0 Å². The van der Waals surface area contributed by atoms with Gasteiger partial charge < -0.3 is 0 Å². The molecule has 90 valence electrons. The van der Waals surface area contributed by atoms with Gasteiger partial charge in [-0.05, 0) is 55.6 Å². The van der Waals surface area contributed by atoms with Crippen LogP contribution in [0.5, 0.6) is 0 Å². The van der Waals surface area contributed by atoms with E-state index in [-0.39, 0.29) is 0 Å². The third-order valence-electron chi connectivity index (χ3n) is 2.15. The SMILES string of the molecule is Fc1ccc(C(Cl)c2cc(Br)c(Br)s2)cc1F. The highest BCUT2D eigenvalue weighted by atomic mass is 79.9. The first-order valence-electron chi connectivity index (χ1n) is 4.53. The van der Waals surface area contributed by atoms with Crippen molar-refractivity contribution in [2.45, 2.75) is 5.38 Å². The van der Waals surface area contributed by atoms with E-state index in [0.717, 1.165) is 25.3 Å². The van der Waals surface area contributed by atoms with Crippen molar-refractivity contribution in [3.8, 4) is 0 Å². The van der Waals surface area contributed by atoms with E-state index in [1.807, 2.05) is 6.07 Å². The molecule has 17 heavy (non-hydrogen) atoms.